The highest BCUT2D eigenvalue weighted by Crippen LogP contribution is 2.31. The molecule has 0 saturated carbocycles. The van der Waals surface area contributed by atoms with E-state index in [-0.39, 0.29) is 11.3 Å². The van der Waals surface area contributed by atoms with Gasteiger partial charge in [0.25, 0.3) is 0 Å². The zero-order chi connectivity index (χ0) is 9.23. The molecule has 0 aliphatic rings. The Balaban J connectivity index is 4.49. The van der Waals surface area contributed by atoms with Gasteiger partial charge in [-0.05, 0) is 11.3 Å². The van der Waals surface area contributed by atoms with E-state index in [1.54, 1.807) is 0 Å². The van der Waals surface area contributed by atoms with Crippen molar-refractivity contribution in [1.82, 2.24) is 0 Å². The summed E-state index contributed by atoms with van der Waals surface area (Å²) in [5, 5.41) is 7.42. The van der Waals surface area contributed by atoms with E-state index in [9.17, 15) is 0 Å². The van der Waals surface area contributed by atoms with Gasteiger partial charge in [-0.15, -0.1) is 0 Å². The summed E-state index contributed by atoms with van der Waals surface area (Å²) in [6.45, 7) is 10.6. The van der Waals surface area contributed by atoms with Crippen LogP contribution in [0.1, 0.15) is 34.6 Å². The molecule has 0 aliphatic heterocycles. The van der Waals surface area contributed by atoms with Crippen molar-refractivity contribution in [2.24, 2.45) is 23.0 Å². The summed E-state index contributed by atoms with van der Waals surface area (Å²) in [5.74, 6) is 0.961. The molecule has 0 fully saturated rings. The van der Waals surface area contributed by atoms with Crippen LogP contribution in [-0.2, 0) is 0 Å². The Morgan fingerprint density at radius 3 is 1.64 bits per heavy atom. The Labute approximate surface area is 69.7 Å². The number of rotatable bonds is 2. The van der Waals surface area contributed by atoms with Crippen molar-refractivity contribution in [3.63, 3.8) is 0 Å². The lowest BCUT2D eigenvalue weighted by Crippen LogP contribution is -2.36. The third-order valence-corrected chi connectivity index (χ3v) is 1.93. The molecule has 1 atom stereocenters. The topological polar surface area (TPSA) is 49.9 Å². The molecular weight excluding hydrogens is 136 g/mol. The molecule has 2 nitrogen and oxygen atoms in total. The van der Waals surface area contributed by atoms with Crippen molar-refractivity contribution < 1.29 is 0 Å². The number of hydrogen-bond acceptors (Lipinski definition) is 1. The van der Waals surface area contributed by atoms with Crippen molar-refractivity contribution in [2.45, 2.75) is 34.6 Å². The van der Waals surface area contributed by atoms with Crippen LogP contribution in [0.5, 0.6) is 0 Å². The summed E-state index contributed by atoms with van der Waals surface area (Å²) in [5.41, 5.74) is 5.62. The minimum atomic E-state index is 0.111. The summed E-state index contributed by atoms with van der Waals surface area (Å²) in [4.78, 5) is 0. The van der Waals surface area contributed by atoms with Gasteiger partial charge in [-0.2, -0.15) is 0 Å². The second kappa shape index (κ2) is 3.24. The number of hydrogen-bond donors (Lipinski definition) is 2. The first-order valence-electron chi connectivity index (χ1n) is 4.10. The van der Waals surface area contributed by atoms with Crippen LogP contribution in [0, 0.1) is 22.7 Å². The predicted molar refractivity (Wildman–Crippen MR) is 49.7 cm³/mol. The largest absolute Gasteiger partial charge is 0.387 e. The highest BCUT2D eigenvalue weighted by molar-refractivity contribution is 5.80. The molecule has 0 amide bonds. The number of nitrogens with one attached hydrogen (secondary N) is 1. The van der Waals surface area contributed by atoms with E-state index in [1.165, 1.54) is 0 Å². The van der Waals surface area contributed by atoms with Crippen LogP contribution >= 0.6 is 0 Å². The fourth-order valence-corrected chi connectivity index (χ4v) is 1.83. The van der Waals surface area contributed by atoms with Gasteiger partial charge in [-0.3, -0.25) is 5.41 Å². The molecule has 2 heteroatoms. The average molecular weight is 156 g/mol. The zero-order valence-electron chi connectivity index (χ0n) is 8.23. The molecule has 1 unspecified atom stereocenters. The number of nitrogens with two attached hydrogens (primary N) is 1. The first-order chi connectivity index (χ1) is 4.76. The molecular formula is C9H20N2. The van der Waals surface area contributed by atoms with Gasteiger partial charge < -0.3 is 5.73 Å². The van der Waals surface area contributed by atoms with E-state index in [1.807, 2.05) is 0 Å². The van der Waals surface area contributed by atoms with E-state index in [0.717, 1.165) is 0 Å². The fraction of sp³-hybridized carbons (Fsp3) is 0.889. The van der Waals surface area contributed by atoms with Crippen molar-refractivity contribution in [3.05, 3.63) is 0 Å². The summed E-state index contributed by atoms with van der Waals surface area (Å²) in [7, 11) is 0. The van der Waals surface area contributed by atoms with Gasteiger partial charge >= 0.3 is 0 Å². The van der Waals surface area contributed by atoms with E-state index in [2.05, 4.69) is 34.6 Å². The van der Waals surface area contributed by atoms with Gasteiger partial charge in [0.05, 0.1) is 5.84 Å². The SMILES string of the molecule is CC(C)C(C(=N)N)C(C)(C)C. The van der Waals surface area contributed by atoms with Crippen molar-refractivity contribution in [3.8, 4) is 0 Å². The molecule has 0 saturated heterocycles. The van der Waals surface area contributed by atoms with Gasteiger partial charge in [0.2, 0.25) is 0 Å². The molecule has 0 aliphatic carbocycles. The average Bonchev–Trinajstić information content (AvgIpc) is 1.54. The molecule has 0 aromatic rings. The lowest BCUT2D eigenvalue weighted by atomic mass is 9.74. The first kappa shape index (κ1) is 10.5. The van der Waals surface area contributed by atoms with Crippen molar-refractivity contribution in [2.75, 3.05) is 0 Å². The van der Waals surface area contributed by atoms with E-state index >= 15 is 0 Å². The lowest BCUT2D eigenvalue weighted by molar-refractivity contribution is 0.247. The van der Waals surface area contributed by atoms with Crippen molar-refractivity contribution in [1.29, 1.82) is 5.41 Å². The number of amidine groups is 1. The lowest BCUT2D eigenvalue weighted by Gasteiger charge is -2.32. The maximum atomic E-state index is 7.42. The molecule has 0 rings (SSSR count). The Morgan fingerprint density at radius 1 is 1.27 bits per heavy atom. The van der Waals surface area contributed by atoms with Crippen LogP contribution in [0.25, 0.3) is 0 Å². The first-order valence-corrected chi connectivity index (χ1v) is 4.10. The Morgan fingerprint density at radius 2 is 1.64 bits per heavy atom. The smallest absolute Gasteiger partial charge is 0.0944 e. The molecule has 3 N–H and O–H groups in total. The summed E-state index contributed by atoms with van der Waals surface area (Å²) in [6, 6.07) is 0. The standard InChI is InChI=1S/C9H20N2/c1-6(2)7(8(10)11)9(3,4)5/h6-7H,1-5H3,(H3,10,11). The van der Waals surface area contributed by atoms with Crippen molar-refractivity contribution >= 4 is 5.84 Å². The second-order valence-corrected chi connectivity index (χ2v) is 4.54. The highest BCUT2D eigenvalue weighted by Gasteiger charge is 2.29. The summed E-state index contributed by atoms with van der Waals surface area (Å²) < 4.78 is 0. The Hall–Kier alpha value is -0.530. The minimum absolute atomic E-state index is 0.111. The summed E-state index contributed by atoms with van der Waals surface area (Å²) in [6.07, 6.45) is 0. The van der Waals surface area contributed by atoms with E-state index in [4.69, 9.17) is 11.1 Å². The van der Waals surface area contributed by atoms with Gasteiger partial charge in [0, 0.05) is 5.92 Å². The maximum Gasteiger partial charge on any atom is 0.0944 e. The highest BCUT2D eigenvalue weighted by atomic mass is 14.7. The molecule has 11 heavy (non-hydrogen) atoms. The van der Waals surface area contributed by atoms with Gasteiger partial charge in [-0.25, -0.2) is 0 Å². The van der Waals surface area contributed by atoms with Crippen LogP contribution in [0.2, 0.25) is 0 Å². The van der Waals surface area contributed by atoms with Crippen LogP contribution in [0.3, 0.4) is 0 Å². The summed E-state index contributed by atoms with van der Waals surface area (Å²) >= 11 is 0. The van der Waals surface area contributed by atoms with Gasteiger partial charge in [0.1, 0.15) is 0 Å². The van der Waals surface area contributed by atoms with Crippen LogP contribution < -0.4 is 5.73 Å². The third kappa shape index (κ3) is 2.91. The quantitative estimate of drug-likeness (QED) is 0.467. The molecule has 0 aromatic carbocycles. The second-order valence-electron chi connectivity index (χ2n) is 4.54. The Kier molecular flexibility index (Phi) is 3.09. The van der Waals surface area contributed by atoms with E-state index in [0.29, 0.717) is 11.8 Å². The maximum absolute atomic E-state index is 7.42. The molecule has 0 spiro atoms. The predicted octanol–water partition coefficient (Wildman–Crippen LogP) is 2.24. The normalized spacial score (nSPS) is 15.1. The molecule has 0 aromatic heterocycles. The fourth-order valence-electron chi connectivity index (χ4n) is 1.83. The van der Waals surface area contributed by atoms with Gasteiger partial charge in [-0.1, -0.05) is 34.6 Å². The van der Waals surface area contributed by atoms with Crippen LogP contribution in [0.4, 0.5) is 0 Å². The molecule has 0 radical (unpaired) electrons. The van der Waals surface area contributed by atoms with Gasteiger partial charge in [0.15, 0.2) is 0 Å². The Bertz CT molecular complexity index is 142. The molecule has 0 heterocycles. The molecule has 66 valence electrons. The third-order valence-electron chi connectivity index (χ3n) is 1.93. The minimum Gasteiger partial charge on any atom is -0.387 e. The monoisotopic (exact) mass is 156 g/mol. The zero-order valence-corrected chi connectivity index (χ0v) is 8.23. The van der Waals surface area contributed by atoms with Crippen LogP contribution in [0.15, 0.2) is 0 Å². The molecule has 0 bridgehead atoms. The van der Waals surface area contributed by atoms with E-state index < -0.39 is 0 Å². The van der Waals surface area contributed by atoms with Crippen LogP contribution in [-0.4, -0.2) is 5.84 Å².